The largest absolute Gasteiger partial charge is 0.433 e. The lowest BCUT2D eigenvalue weighted by molar-refractivity contribution is -0.141. The number of pyridine rings is 2. The highest BCUT2D eigenvalue weighted by molar-refractivity contribution is 5.79. The van der Waals surface area contributed by atoms with E-state index in [4.69, 9.17) is 0 Å². The summed E-state index contributed by atoms with van der Waals surface area (Å²) in [6, 6.07) is 4.16. The van der Waals surface area contributed by atoms with E-state index in [1.807, 2.05) is 13.8 Å². The zero-order valence-corrected chi connectivity index (χ0v) is 14.5. The van der Waals surface area contributed by atoms with Gasteiger partial charge in [0.1, 0.15) is 17.2 Å². The second-order valence-electron chi connectivity index (χ2n) is 6.25. The first kappa shape index (κ1) is 20.0. The third-order valence-corrected chi connectivity index (χ3v) is 3.77. The molecule has 4 nitrogen and oxygen atoms in total. The van der Waals surface area contributed by atoms with Crippen molar-refractivity contribution in [3.05, 3.63) is 47.7 Å². The molecule has 0 saturated carbocycles. The van der Waals surface area contributed by atoms with Gasteiger partial charge in [0.15, 0.2) is 0 Å². The molecule has 0 aliphatic heterocycles. The fourth-order valence-electron chi connectivity index (χ4n) is 2.43. The second-order valence-corrected chi connectivity index (χ2v) is 6.25. The number of aliphatic hydroxyl groups is 1. The quantitative estimate of drug-likeness (QED) is 0.637. The Kier molecular flexibility index (Phi) is 6.07. The highest BCUT2D eigenvalue weighted by Gasteiger charge is 2.32. The van der Waals surface area contributed by atoms with E-state index in [0.29, 0.717) is 5.56 Å². The van der Waals surface area contributed by atoms with Crippen LogP contribution in [0.5, 0.6) is 0 Å². The first-order valence-corrected chi connectivity index (χ1v) is 8.01. The number of halogens is 4. The van der Waals surface area contributed by atoms with E-state index in [1.165, 1.54) is 18.3 Å². The van der Waals surface area contributed by atoms with Crippen molar-refractivity contribution in [3.63, 3.8) is 0 Å². The van der Waals surface area contributed by atoms with Crippen molar-refractivity contribution in [3.8, 4) is 11.3 Å². The smallest absolute Gasteiger partial charge is 0.391 e. The molecule has 140 valence electrons. The minimum atomic E-state index is -4.53. The summed E-state index contributed by atoms with van der Waals surface area (Å²) in [6.07, 6.45) is -2.97. The molecule has 1 unspecified atom stereocenters. The fourth-order valence-corrected chi connectivity index (χ4v) is 2.43. The van der Waals surface area contributed by atoms with Gasteiger partial charge in [0.25, 0.3) is 0 Å². The Bertz CT molecular complexity index is 763. The van der Waals surface area contributed by atoms with Crippen LogP contribution in [0.3, 0.4) is 0 Å². The number of aliphatic hydroxyl groups excluding tert-OH is 1. The van der Waals surface area contributed by atoms with Crippen LogP contribution in [0.4, 0.5) is 17.6 Å². The molecule has 26 heavy (non-hydrogen) atoms. The van der Waals surface area contributed by atoms with Gasteiger partial charge in [-0.1, -0.05) is 13.8 Å². The van der Waals surface area contributed by atoms with Gasteiger partial charge < -0.3 is 5.11 Å². The molecular weight excluding hydrogens is 350 g/mol. The number of nitrogens with zero attached hydrogens (tertiary/aromatic N) is 3. The average molecular weight is 369 g/mol. The van der Waals surface area contributed by atoms with E-state index >= 15 is 0 Å². The first-order valence-electron chi connectivity index (χ1n) is 8.01. The normalized spacial score (nSPS) is 14.8. The van der Waals surface area contributed by atoms with E-state index < -0.39 is 29.8 Å². The Morgan fingerprint density at radius 1 is 1.12 bits per heavy atom. The molecular formula is C18H19F4N3O. The molecule has 1 N–H and O–H groups in total. The zero-order chi connectivity index (χ0) is 19.5. The summed E-state index contributed by atoms with van der Waals surface area (Å²) in [6.45, 7) is 5.35. The minimum absolute atomic E-state index is 0.0385. The molecule has 2 atom stereocenters. The Morgan fingerprint density at radius 3 is 2.31 bits per heavy atom. The van der Waals surface area contributed by atoms with Crippen molar-refractivity contribution in [1.82, 2.24) is 9.97 Å². The molecule has 0 aromatic carbocycles. The highest BCUT2D eigenvalue weighted by Crippen LogP contribution is 2.28. The van der Waals surface area contributed by atoms with Gasteiger partial charge in [-0.05, 0) is 37.1 Å². The molecule has 2 heterocycles. The summed E-state index contributed by atoms with van der Waals surface area (Å²) in [5.41, 5.74) is -0.480. The Balaban J connectivity index is 2.32. The molecule has 2 aromatic heterocycles. The van der Waals surface area contributed by atoms with Gasteiger partial charge >= 0.3 is 6.18 Å². The molecule has 0 aliphatic carbocycles. The predicted molar refractivity (Wildman–Crippen MR) is 90.3 cm³/mol. The lowest BCUT2D eigenvalue weighted by Crippen LogP contribution is -2.26. The van der Waals surface area contributed by atoms with Crippen molar-refractivity contribution < 1.29 is 22.7 Å². The van der Waals surface area contributed by atoms with Crippen LogP contribution in [-0.4, -0.2) is 33.4 Å². The van der Waals surface area contributed by atoms with Crippen LogP contribution in [0, 0.1) is 11.7 Å². The predicted octanol–water partition coefficient (Wildman–Crippen LogP) is 4.13. The topological polar surface area (TPSA) is 58.4 Å². The van der Waals surface area contributed by atoms with Crippen LogP contribution in [0.1, 0.15) is 32.2 Å². The Hall–Kier alpha value is -2.35. The lowest BCUT2D eigenvalue weighted by atomic mass is 10.0. The maximum atomic E-state index is 14.0. The fraction of sp³-hybridized carbons (Fsp3) is 0.389. The minimum Gasteiger partial charge on any atom is -0.391 e. The number of hydrogen-bond donors (Lipinski definition) is 1. The molecule has 0 spiro atoms. The summed E-state index contributed by atoms with van der Waals surface area (Å²) in [7, 11) is 0. The van der Waals surface area contributed by atoms with Crippen LogP contribution in [0.15, 0.2) is 35.5 Å². The highest BCUT2D eigenvalue weighted by atomic mass is 19.4. The molecule has 0 aliphatic rings. The Labute approximate surface area is 148 Å². The molecule has 0 fully saturated rings. The van der Waals surface area contributed by atoms with Gasteiger partial charge in [0.2, 0.25) is 0 Å². The van der Waals surface area contributed by atoms with E-state index in [2.05, 4.69) is 15.0 Å². The van der Waals surface area contributed by atoms with Crippen molar-refractivity contribution >= 4 is 6.21 Å². The van der Waals surface area contributed by atoms with Gasteiger partial charge in [0.05, 0.1) is 24.1 Å². The van der Waals surface area contributed by atoms with Gasteiger partial charge in [-0.15, -0.1) is 0 Å². The van der Waals surface area contributed by atoms with Crippen LogP contribution in [0.2, 0.25) is 0 Å². The third kappa shape index (κ3) is 4.85. The number of aromatic nitrogens is 2. The van der Waals surface area contributed by atoms with Crippen LogP contribution in [-0.2, 0) is 6.18 Å². The van der Waals surface area contributed by atoms with Crippen molar-refractivity contribution in [2.24, 2.45) is 10.9 Å². The van der Waals surface area contributed by atoms with Crippen LogP contribution in [0.25, 0.3) is 11.3 Å². The van der Waals surface area contributed by atoms with E-state index in [9.17, 15) is 22.7 Å². The van der Waals surface area contributed by atoms with Gasteiger partial charge in [-0.25, -0.2) is 9.37 Å². The van der Waals surface area contributed by atoms with Crippen molar-refractivity contribution in [2.75, 3.05) is 0 Å². The number of alkyl halides is 3. The SMILES string of the molecule is CC(C)[C@@H](/N=C/c1nc(-c2ccc(C(F)(F)F)nc2)ccc1F)C(C)O. The van der Waals surface area contributed by atoms with Crippen LogP contribution >= 0.6 is 0 Å². The molecule has 8 heteroatoms. The standard InChI is InChI=1S/C18H19F4N3O/c1-10(2)17(11(3)26)24-9-15-13(19)5-6-14(25-15)12-4-7-16(23-8-12)18(20,21)22/h4-11,17,26H,1-3H3/b24-9+/t11?,17-/m1/s1. The molecule has 0 amide bonds. The number of rotatable bonds is 5. The van der Waals surface area contributed by atoms with E-state index in [0.717, 1.165) is 18.3 Å². The van der Waals surface area contributed by atoms with Crippen LogP contribution < -0.4 is 0 Å². The summed E-state index contributed by atoms with van der Waals surface area (Å²) < 4.78 is 51.7. The maximum Gasteiger partial charge on any atom is 0.433 e. The monoisotopic (exact) mass is 369 g/mol. The van der Waals surface area contributed by atoms with E-state index in [1.54, 1.807) is 6.92 Å². The molecule has 2 rings (SSSR count). The summed E-state index contributed by atoms with van der Waals surface area (Å²) in [5, 5.41) is 9.73. The first-order chi connectivity index (χ1) is 12.1. The zero-order valence-electron chi connectivity index (χ0n) is 14.5. The summed E-state index contributed by atoms with van der Waals surface area (Å²) in [4.78, 5) is 11.7. The third-order valence-electron chi connectivity index (χ3n) is 3.77. The van der Waals surface area contributed by atoms with E-state index in [-0.39, 0.29) is 17.3 Å². The lowest BCUT2D eigenvalue weighted by Gasteiger charge is -2.19. The summed E-state index contributed by atoms with van der Waals surface area (Å²) in [5.74, 6) is -0.581. The summed E-state index contributed by atoms with van der Waals surface area (Å²) >= 11 is 0. The molecule has 2 aromatic rings. The molecule has 0 radical (unpaired) electrons. The van der Waals surface area contributed by atoms with Gasteiger partial charge in [-0.3, -0.25) is 9.98 Å². The number of hydrogen-bond acceptors (Lipinski definition) is 4. The maximum absolute atomic E-state index is 14.0. The van der Waals surface area contributed by atoms with Crippen molar-refractivity contribution in [1.29, 1.82) is 0 Å². The average Bonchev–Trinajstić information content (AvgIpc) is 2.55. The molecule has 0 saturated heterocycles. The molecule has 0 bridgehead atoms. The van der Waals surface area contributed by atoms with Crippen molar-refractivity contribution in [2.45, 2.75) is 39.1 Å². The van der Waals surface area contributed by atoms with Gasteiger partial charge in [0, 0.05) is 11.8 Å². The Morgan fingerprint density at radius 2 is 1.81 bits per heavy atom. The second kappa shape index (κ2) is 7.90. The number of aliphatic imine (C=N–C) groups is 1. The van der Waals surface area contributed by atoms with Gasteiger partial charge in [-0.2, -0.15) is 13.2 Å².